The Bertz CT molecular complexity index is 287. The van der Waals surface area contributed by atoms with Gasteiger partial charge in [0.05, 0.1) is 10.9 Å². The number of aromatic nitrogens is 1. The molecule has 3 nitrogen and oxygen atoms in total. The second-order valence-electron chi connectivity index (χ2n) is 3.34. The van der Waals surface area contributed by atoms with Gasteiger partial charge < -0.3 is 5.32 Å². The molecule has 0 bridgehead atoms. The predicted octanol–water partition coefficient (Wildman–Crippen LogP) is 2.14. The molecule has 14 heavy (non-hydrogen) atoms. The van der Waals surface area contributed by atoms with Crippen LogP contribution in [0.2, 0.25) is 0 Å². The first-order chi connectivity index (χ1) is 6.61. The first-order valence-corrected chi connectivity index (χ1v) is 5.79. The zero-order valence-electron chi connectivity index (χ0n) is 8.16. The lowest BCUT2D eigenvalue weighted by molar-refractivity contribution is 0.0948. The van der Waals surface area contributed by atoms with E-state index in [1.54, 1.807) is 10.9 Å². The molecule has 1 N–H and O–H groups in total. The van der Waals surface area contributed by atoms with Crippen molar-refractivity contribution >= 4 is 28.8 Å². The molecule has 1 aromatic heterocycles. The first-order valence-electron chi connectivity index (χ1n) is 4.41. The fraction of sp³-hybridized carbons (Fsp3) is 0.556. The van der Waals surface area contributed by atoms with Crippen LogP contribution < -0.4 is 5.32 Å². The molecule has 78 valence electrons. The highest BCUT2D eigenvalue weighted by molar-refractivity contribution is 7.07. The molecule has 1 heterocycles. The van der Waals surface area contributed by atoms with Crippen molar-refractivity contribution in [2.75, 3.05) is 6.54 Å². The minimum atomic E-state index is -0.155. The van der Waals surface area contributed by atoms with Gasteiger partial charge in [-0.15, -0.1) is 22.9 Å². The van der Waals surface area contributed by atoms with Gasteiger partial charge in [0, 0.05) is 11.9 Å². The van der Waals surface area contributed by atoms with E-state index in [0.717, 1.165) is 0 Å². The van der Waals surface area contributed by atoms with Crippen LogP contribution in [-0.2, 0) is 0 Å². The molecule has 1 atom stereocenters. The minimum absolute atomic E-state index is 0.0300. The van der Waals surface area contributed by atoms with Crippen LogP contribution >= 0.6 is 22.9 Å². The van der Waals surface area contributed by atoms with Crippen molar-refractivity contribution in [3.63, 3.8) is 0 Å². The molecule has 0 radical (unpaired) electrons. The molecule has 0 fully saturated rings. The van der Waals surface area contributed by atoms with Crippen molar-refractivity contribution in [2.45, 2.75) is 19.2 Å². The highest BCUT2D eigenvalue weighted by Crippen LogP contribution is 2.08. The van der Waals surface area contributed by atoms with E-state index in [-0.39, 0.29) is 11.3 Å². The Hall–Kier alpha value is -0.610. The molecule has 0 saturated carbocycles. The van der Waals surface area contributed by atoms with E-state index in [4.69, 9.17) is 11.6 Å². The molecule has 1 amide bonds. The molecule has 1 unspecified atom stereocenters. The van der Waals surface area contributed by atoms with Crippen LogP contribution in [0.3, 0.4) is 0 Å². The third kappa shape index (κ3) is 3.27. The van der Waals surface area contributed by atoms with Gasteiger partial charge in [-0.1, -0.05) is 13.8 Å². The molecule has 1 rings (SSSR count). The SMILES string of the molecule is CC(C)C(Cl)CNC(=O)c1cscn1. The van der Waals surface area contributed by atoms with Crippen LogP contribution in [0.5, 0.6) is 0 Å². The Morgan fingerprint density at radius 2 is 2.43 bits per heavy atom. The lowest BCUT2D eigenvalue weighted by Crippen LogP contribution is -2.32. The van der Waals surface area contributed by atoms with Gasteiger partial charge in [-0.25, -0.2) is 4.98 Å². The van der Waals surface area contributed by atoms with Crippen LogP contribution in [-0.4, -0.2) is 22.8 Å². The highest BCUT2D eigenvalue weighted by Gasteiger charge is 2.12. The summed E-state index contributed by atoms with van der Waals surface area (Å²) in [5.74, 6) is 0.199. The van der Waals surface area contributed by atoms with Gasteiger partial charge in [-0.3, -0.25) is 4.79 Å². The lowest BCUT2D eigenvalue weighted by atomic mass is 10.1. The third-order valence-corrected chi connectivity index (χ3v) is 3.09. The van der Waals surface area contributed by atoms with E-state index in [1.807, 2.05) is 13.8 Å². The van der Waals surface area contributed by atoms with Crippen molar-refractivity contribution in [3.05, 3.63) is 16.6 Å². The quantitative estimate of drug-likeness (QED) is 0.809. The van der Waals surface area contributed by atoms with Crippen molar-refractivity contribution in [1.29, 1.82) is 0 Å². The predicted molar refractivity (Wildman–Crippen MR) is 58.9 cm³/mol. The van der Waals surface area contributed by atoms with Crippen LogP contribution in [0.4, 0.5) is 0 Å². The molecule has 0 aromatic carbocycles. The zero-order valence-corrected chi connectivity index (χ0v) is 9.73. The third-order valence-electron chi connectivity index (χ3n) is 1.85. The molecular formula is C9H13ClN2OS. The van der Waals surface area contributed by atoms with Crippen LogP contribution in [0.25, 0.3) is 0 Å². The Morgan fingerprint density at radius 1 is 1.71 bits per heavy atom. The molecular weight excluding hydrogens is 220 g/mol. The minimum Gasteiger partial charge on any atom is -0.349 e. The number of rotatable bonds is 4. The monoisotopic (exact) mass is 232 g/mol. The number of amides is 1. The maximum Gasteiger partial charge on any atom is 0.270 e. The molecule has 0 aliphatic heterocycles. The Morgan fingerprint density at radius 3 is 2.93 bits per heavy atom. The largest absolute Gasteiger partial charge is 0.349 e. The van der Waals surface area contributed by atoms with E-state index in [2.05, 4.69) is 10.3 Å². The summed E-state index contributed by atoms with van der Waals surface area (Å²) in [7, 11) is 0. The van der Waals surface area contributed by atoms with Gasteiger partial charge in [0.2, 0.25) is 0 Å². The van der Waals surface area contributed by atoms with E-state index in [1.165, 1.54) is 11.3 Å². The lowest BCUT2D eigenvalue weighted by Gasteiger charge is -2.13. The summed E-state index contributed by atoms with van der Waals surface area (Å²) in [6, 6.07) is 0. The van der Waals surface area contributed by atoms with E-state index in [0.29, 0.717) is 18.2 Å². The summed E-state index contributed by atoms with van der Waals surface area (Å²) >= 11 is 7.39. The summed E-state index contributed by atoms with van der Waals surface area (Å²) in [6.45, 7) is 4.52. The number of carbonyl (C=O) groups excluding carboxylic acids is 1. The van der Waals surface area contributed by atoms with Crippen molar-refractivity contribution in [1.82, 2.24) is 10.3 Å². The van der Waals surface area contributed by atoms with Gasteiger partial charge in [0.1, 0.15) is 5.69 Å². The van der Waals surface area contributed by atoms with Crippen molar-refractivity contribution < 1.29 is 4.79 Å². The van der Waals surface area contributed by atoms with Gasteiger partial charge in [-0.05, 0) is 5.92 Å². The number of thiazole rings is 1. The Balaban J connectivity index is 2.36. The molecule has 0 spiro atoms. The van der Waals surface area contributed by atoms with Crippen molar-refractivity contribution in [3.8, 4) is 0 Å². The van der Waals surface area contributed by atoms with Gasteiger partial charge in [0.25, 0.3) is 5.91 Å². The molecule has 0 saturated heterocycles. The number of hydrogen-bond acceptors (Lipinski definition) is 3. The number of carbonyl (C=O) groups is 1. The first kappa shape index (κ1) is 11.5. The van der Waals surface area contributed by atoms with E-state index >= 15 is 0 Å². The summed E-state index contributed by atoms with van der Waals surface area (Å²) < 4.78 is 0. The second-order valence-corrected chi connectivity index (χ2v) is 4.62. The molecule has 1 aromatic rings. The molecule has 0 aliphatic carbocycles. The second kappa shape index (κ2) is 5.32. The van der Waals surface area contributed by atoms with Gasteiger partial charge in [0.15, 0.2) is 0 Å². The Kier molecular flexibility index (Phi) is 4.35. The molecule has 0 aliphatic rings. The summed E-state index contributed by atoms with van der Waals surface area (Å²) in [4.78, 5) is 15.3. The maximum atomic E-state index is 11.4. The van der Waals surface area contributed by atoms with E-state index < -0.39 is 0 Å². The highest BCUT2D eigenvalue weighted by atomic mass is 35.5. The van der Waals surface area contributed by atoms with Crippen LogP contribution in [0.1, 0.15) is 24.3 Å². The van der Waals surface area contributed by atoms with Gasteiger partial charge in [-0.2, -0.15) is 0 Å². The fourth-order valence-electron chi connectivity index (χ4n) is 0.841. The molecule has 5 heteroatoms. The normalized spacial score (nSPS) is 12.9. The number of hydrogen-bond donors (Lipinski definition) is 1. The average molecular weight is 233 g/mol. The van der Waals surface area contributed by atoms with Crippen LogP contribution in [0, 0.1) is 5.92 Å². The smallest absolute Gasteiger partial charge is 0.270 e. The average Bonchev–Trinajstić information content (AvgIpc) is 2.66. The Labute approximate surface area is 92.5 Å². The number of alkyl halides is 1. The van der Waals surface area contributed by atoms with E-state index in [9.17, 15) is 4.79 Å². The van der Waals surface area contributed by atoms with Gasteiger partial charge >= 0.3 is 0 Å². The maximum absolute atomic E-state index is 11.4. The number of nitrogens with zero attached hydrogens (tertiary/aromatic N) is 1. The standard InChI is InChI=1S/C9H13ClN2OS/c1-6(2)7(10)3-11-9(13)8-4-14-5-12-8/h4-7H,3H2,1-2H3,(H,11,13). The van der Waals surface area contributed by atoms with Crippen molar-refractivity contribution in [2.24, 2.45) is 5.92 Å². The number of halogens is 1. The summed E-state index contributed by atoms with van der Waals surface area (Å²) in [5, 5.41) is 4.43. The topological polar surface area (TPSA) is 42.0 Å². The van der Waals surface area contributed by atoms with Crippen LogP contribution in [0.15, 0.2) is 10.9 Å². The summed E-state index contributed by atoms with van der Waals surface area (Å²) in [6.07, 6.45) is 0. The zero-order chi connectivity index (χ0) is 10.6. The fourth-order valence-corrected chi connectivity index (χ4v) is 1.45. The summed E-state index contributed by atoms with van der Waals surface area (Å²) in [5.41, 5.74) is 2.10. The number of nitrogens with one attached hydrogen (secondary N) is 1.